The molecule has 0 aromatic heterocycles. The molecule has 1 atom stereocenters. The average Bonchev–Trinajstić information content (AvgIpc) is 2.54. The highest BCUT2D eigenvalue weighted by atomic mass is 16.6. The molecule has 2 aromatic carbocycles. The Bertz CT molecular complexity index is 743. The van der Waals surface area contributed by atoms with Gasteiger partial charge in [0.1, 0.15) is 0 Å². The SMILES string of the molecule is COC(=O)c1cc([N+](=O)[O-])ccc1NC(C)c1ccccc1C. The van der Waals surface area contributed by atoms with Crippen LogP contribution in [0.2, 0.25) is 0 Å². The molecule has 1 N–H and O–H groups in total. The van der Waals surface area contributed by atoms with Gasteiger partial charge in [0.25, 0.3) is 5.69 Å². The van der Waals surface area contributed by atoms with Crippen LogP contribution in [-0.4, -0.2) is 18.0 Å². The van der Waals surface area contributed by atoms with Gasteiger partial charge in [-0.2, -0.15) is 0 Å². The van der Waals surface area contributed by atoms with Crippen LogP contribution in [0.3, 0.4) is 0 Å². The maximum Gasteiger partial charge on any atom is 0.340 e. The molecule has 1 unspecified atom stereocenters. The number of esters is 1. The average molecular weight is 314 g/mol. The Hall–Kier alpha value is -2.89. The van der Waals surface area contributed by atoms with E-state index in [1.807, 2.05) is 38.1 Å². The van der Waals surface area contributed by atoms with E-state index in [0.29, 0.717) is 5.69 Å². The summed E-state index contributed by atoms with van der Waals surface area (Å²) in [7, 11) is 1.25. The molecule has 0 heterocycles. The van der Waals surface area contributed by atoms with Crippen LogP contribution in [0.5, 0.6) is 0 Å². The summed E-state index contributed by atoms with van der Waals surface area (Å²) in [6.07, 6.45) is 0. The Morgan fingerprint density at radius 2 is 1.96 bits per heavy atom. The standard InChI is InChI=1S/C17H18N2O4/c1-11-6-4-5-7-14(11)12(2)18-16-9-8-13(19(21)22)10-15(16)17(20)23-3/h4-10,12,18H,1-3H3. The second-order valence-electron chi connectivity index (χ2n) is 5.20. The van der Waals surface area contributed by atoms with Crippen LogP contribution >= 0.6 is 0 Å². The van der Waals surface area contributed by atoms with Crippen LogP contribution in [0.1, 0.15) is 34.5 Å². The number of benzene rings is 2. The minimum absolute atomic E-state index is 0.0685. The monoisotopic (exact) mass is 314 g/mol. The molecule has 0 bridgehead atoms. The lowest BCUT2D eigenvalue weighted by atomic mass is 10.0. The molecule has 120 valence electrons. The molecule has 23 heavy (non-hydrogen) atoms. The summed E-state index contributed by atoms with van der Waals surface area (Å²) in [5, 5.41) is 14.1. The van der Waals surface area contributed by atoms with Gasteiger partial charge in [0.05, 0.1) is 17.6 Å². The number of ether oxygens (including phenoxy) is 1. The summed E-state index contributed by atoms with van der Waals surface area (Å²) in [5.41, 5.74) is 2.69. The van der Waals surface area contributed by atoms with E-state index in [1.165, 1.54) is 25.3 Å². The molecule has 0 aliphatic carbocycles. The molecule has 0 amide bonds. The van der Waals surface area contributed by atoms with Gasteiger partial charge in [0, 0.05) is 23.9 Å². The lowest BCUT2D eigenvalue weighted by molar-refractivity contribution is -0.384. The van der Waals surface area contributed by atoms with Gasteiger partial charge >= 0.3 is 5.97 Å². The number of methoxy groups -OCH3 is 1. The van der Waals surface area contributed by atoms with Crippen LogP contribution < -0.4 is 5.32 Å². The number of nitrogens with zero attached hydrogens (tertiary/aromatic N) is 1. The maximum absolute atomic E-state index is 11.9. The molecule has 0 saturated carbocycles. The van der Waals surface area contributed by atoms with Crippen molar-refractivity contribution in [1.82, 2.24) is 0 Å². The van der Waals surface area contributed by atoms with Crippen molar-refractivity contribution in [2.45, 2.75) is 19.9 Å². The molecule has 6 nitrogen and oxygen atoms in total. The lowest BCUT2D eigenvalue weighted by Gasteiger charge is -2.19. The summed E-state index contributed by atoms with van der Waals surface area (Å²) in [4.78, 5) is 22.3. The van der Waals surface area contributed by atoms with Crippen LogP contribution in [0.4, 0.5) is 11.4 Å². The first-order valence-electron chi connectivity index (χ1n) is 7.13. The Morgan fingerprint density at radius 1 is 1.26 bits per heavy atom. The summed E-state index contributed by atoms with van der Waals surface area (Å²) in [6.45, 7) is 3.97. The molecule has 0 saturated heterocycles. The van der Waals surface area contributed by atoms with E-state index in [0.717, 1.165) is 11.1 Å². The van der Waals surface area contributed by atoms with Crippen LogP contribution in [0, 0.1) is 17.0 Å². The van der Waals surface area contributed by atoms with Crippen molar-refractivity contribution < 1.29 is 14.5 Å². The highest BCUT2D eigenvalue weighted by molar-refractivity contribution is 5.96. The summed E-state index contributed by atoms with van der Waals surface area (Å²) in [6, 6.07) is 11.9. The number of non-ortho nitro benzene ring substituents is 1. The van der Waals surface area contributed by atoms with E-state index in [2.05, 4.69) is 5.32 Å². The van der Waals surface area contributed by atoms with Crippen molar-refractivity contribution in [2.24, 2.45) is 0 Å². The van der Waals surface area contributed by atoms with Gasteiger partial charge in [0.2, 0.25) is 0 Å². The summed E-state index contributed by atoms with van der Waals surface area (Å²) in [5.74, 6) is -0.617. The Kier molecular flexibility index (Phi) is 4.95. The van der Waals surface area contributed by atoms with Crippen LogP contribution in [-0.2, 0) is 4.74 Å². The maximum atomic E-state index is 11.9. The van der Waals surface area contributed by atoms with Gasteiger partial charge in [-0.1, -0.05) is 24.3 Å². The van der Waals surface area contributed by atoms with Gasteiger partial charge in [-0.15, -0.1) is 0 Å². The number of nitro groups is 1. The normalized spacial score (nSPS) is 11.6. The first-order valence-corrected chi connectivity index (χ1v) is 7.13. The fraction of sp³-hybridized carbons (Fsp3) is 0.235. The van der Waals surface area contributed by atoms with Crippen molar-refractivity contribution in [1.29, 1.82) is 0 Å². The Morgan fingerprint density at radius 3 is 2.57 bits per heavy atom. The molecular formula is C17H18N2O4. The number of nitro benzene ring substituents is 1. The number of hydrogen-bond donors (Lipinski definition) is 1. The molecule has 0 radical (unpaired) electrons. The molecule has 0 fully saturated rings. The quantitative estimate of drug-likeness (QED) is 0.515. The van der Waals surface area contributed by atoms with Gasteiger partial charge in [-0.3, -0.25) is 10.1 Å². The third kappa shape index (κ3) is 3.66. The van der Waals surface area contributed by atoms with Crippen molar-refractivity contribution in [3.8, 4) is 0 Å². The molecule has 0 aliphatic rings. The highest BCUT2D eigenvalue weighted by Crippen LogP contribution is 2.27. The van der Waals surface area contributed by atoms with Crippen molar-refractivity contribution in [3.63, 3.8) is 0 Å². The smallest absolute Gasteiger partial charge is 0.340 e. The van der Waals surface area contributed by atoms with Crippen LogP contribution in [0.25, 0.3) is 0 Å². The Balaban J connectivity index is 2.37. The molecule has 2 rings (SSSR count). The third-order valence-corrected chi connectivity index (χ3v) is 3.65. The number of aryl methyl sites for hydroxylation is 1. The highest BCUT2D eigenvalue weighted by Gasteiger charge is 2.19. The zero-order valence-electron chi connectivity index (χ0n) is 13.2. The molecular weight excluding hydrogens is 296 g/mol. The fourth-order valence-corrected chi connectivity index (χ4v) is 2.43. The van der Waals surface area contributed by atoms with E-state index < -0.39 is 10.9 Å². The minimum Gasteiger partial charge on any atom is -0.465 e. The summed E-state index contributed by atoms with van der Waals surface area (Å²) >= 11 is 0. The van der Waals surface area contributed by atoms with E-state index >= 15 is 0 Å². The van der Waals surface area contributed by atoms with E-state index in [1.54, 1.807) is 0 Å². The molecule has 2 aromatic rings. The number of nitrogens with one attached hydrogen (secondary N) is 1. The van der Waals surface area contributed by atoms with Crippen LogP contribution in [0.15, 0.2) is 42.5 Å². The molecule has 0 aliphatic heterocycles. The topological polar surface area (TPSA) is 81.5 Å². The molecule has 0 spiro atoms. The number of anilines is 1. The van der Waals surface area contributed by atoms with Crippen molar-refractivity contribution in [2.75, 3.05) is 12.4 Å². The number of carbonyl (C=O) groups excluding carboxylic acids is 1. The third-order valence-electron chi connectivity index (χ3n) is 3.65. The number of carbonyl (C=O) groups is 1. The van der Waals surface area contributed by atoms with Gasteiger partial charge in [-0.05, 0) is 31.0 Å². The minimum atomic E-state index is -0.617. The zero-order chi connectivity index (χ0) is 17.0. The van der Waals surface area contributed by atoms with E-state index in [9.17, 15) is 14.9 Å². The second-order valence-corrected chi connectivity index (χ2v) is 5.20. The second kappa shape index (κ2) is 6.91. The lowest BCUT2D eigenvalue weighted by Crippen LogP contribution is -2.13. The van der Waals surface area contributed by atoms with Crippen molar-refractivity contribution in [3.05, 3.63) is 69.3 Å². The zero-order valence-corrected chi connectivity index (χ0v) is 13.2. The van der Waals surface area contributed by atoms with E-state index in [-0.39, 0.29) is 17.3 Å². The van der Waals surface area contributed by atoms with Crippen molar-refractivity contribution >= 4 is 17.3 Å². The number of rotatable bonds is 5. The molecule has 6 heteroatoms. The largest absolute Gasteiger partial charge is 0.465 e. The van der Waals surface area contributed by atoms with Gasteiger partial charge in [0.15, 0.2) is 0 Å². The predicted molar refractivity (Wildman–Crippen MR) is 87.7 cm³/mol. The fourth-order valence-electron chi connectivity index (χ4n) is 2.43. The predicted octanol–water partition coefficient (Wildman–Crippen LogP) is 3.86. The number of hydrogen-bond acceptors (Lipinski definition) is 5. The first kappa shape index (κ1) is 16.5. The summed E-state index contributed by atoms with van der Waals surface area (Å²) < 4.78 is 4.72. The van der Waals surface area contributed by atoms with Gasteiger partial charge < -0.3 is 10.1 Å². The first-order chi connectivity index (χ1) is 10.9. The van der Waals surface area contributed by atoms with Gasteiger partial charge in [-0.25, -0.2) is 4.79 Å². The Labute approximate surface area is 134 Å². The van der Waals surface area contributed by atoms with E-state index in [4.69, 9.17) is 4.74 Å².